The molecule has 1 amide bonds. The molecule has 3 rings (SSSR count). The lowest BCUT2D eigenvalue weighted by atomic mass is 10.1. The summed E-state index contributed by atoms with van der Waals surface area (Å²) in [6, 6.07) is 10.9. The van der Waals surface area contributed by atoms with Crippen molar-refractivity contribution in [1.29, 1.82) is 0 Å². The molecule has 2 aromatic carbocycles. The number of ether oxygens (including phenoxy) is 1. The lowest BCUT2D eigenvalue weighted by Gasteiger charge is -2.08. The fourth-order valence-electron chi connectivity index (χ4n) is 2.65. The number of amides is 1. The van der Waals surface area contributed by atoms with E-state index in [1.807, 2.05) is 13.8 Å². The summed E-state index contributed by atoms with van der Waals surface area (Å²) in [5.41, 5.74) is -0.0496. The van der Waals surface area contributed by atoms with Crippen molar-refractivity contribution in [2.45, 2.75) is 13.8 Å². The molecule has 6 nitrogen and oxygen atoms in total. The minimum atomic E-state index is -0.769. The Morgan fingerprint density at radius 1 is 1.13 bits per heavy atom. The number of fused-ring (bicyclic) bond motifs is 1. The first-order valence-electron chi connectivity index (χ1n) is 9.44. The Morgan fingerprint density at radius 3 is 2.61 bits per heavy atom. The lowest BCUT2D eigenvalue weighted by molar-refractivity contribution is -0.128. The number of carbonyl (C=O) groups excluding carboxylic acids is 2. The van der Waals surface area contributed by atoms with Crippen LogP contribution in [-0.4, -0.2) is 18.4 Å². The van der Waals surface area contributed by atoms with E-state index < -0.39 is 17.5 Å². The number of hydrogen-bond donors (Lipinski definition) is 1. The van der Waals surface area contributed by atoms with Gasteiger partial charge in [0.25, 0.3) is 5.91 Å². The van der Waals surface area contributed by atoms with Crippen molar-refractivity contribution in [3.8, 4) is 5.75 Å². The van der Waals surface area contributed by atoms with Crippen LogP contribution in [0.3, 0.4) is 0 Å². The summed E-state index contributed by atoms with van der Waals surface area (Å²) in [4.78, 5) is 36.5. The second-order valence-corrected chi connectivity index (χ2v) is 8.01. The van der Waals surface area contributed by atoms with Crippen LogP contribution in [-0.2, 0) is 4.79 Å². The van der Waals surface area contributed by atoms with Crippen LogP contribution in [0.5, 0.6) is 5.75 Å². The summed E-state index contributed by atoms with van der Waals surface area (Å²) in [6.07, 6.45) is 2.72. The maximum Gasteiger partial charge on any atom is 0.349 e. The second kappa shape index (κ2) is 9.81. The maximum atomic E-state index is 12.2. The maximum absolute atomic E-state index is 12.2. The van der Waals surface area contributed by atoms with Crippen LogP contribution in [0.4, 0.5) is 0 Å². The monoisotopic (exact) mass is 459 g/mol. The van der Waals surface area contributed by atoms with Gasteiger partial charge in [0.05, 0.1) is 0 Å². The Morgan fingerprint density at radius 2 is 1.90 bits per heavy atom. The number of rotatable bonds is 6. The first kappa shape index (κ1) is 22.6. The summed E-state index contributed by atoms with van der Waals surface area (Å²) in [5.74, 6) is -0.703. The van der Waals surface area contributed by atoms with Crippen LogP contribution in [0.1, 0.15) is 29.8 Å². The summed E-state index contributed by atoms with van der Waals surface area (Å²) in [6.45, 7) is 4.34. The molecular formula is C23H19Cl2NO5. The molecule has 1 aromatic heterocycles. The van der Waals surface area contributed by atoms with Crippen LogP contribution in [0.15, 0.2) is 57.8 Å². The van der Waals surface area contributed by atoms with E-state index in [1.165, 1.54) is 24.3 Å². The molecule has 0 saturated heterocycles. The summed E-state index contributed by atoms with van der Waals surface area (Å²) < 4.78 is 10.5. The molecule has 0 unspecified atom stereocenters. The van der Waals surface area contributed by atoms with Crippen LogP contribution in [0.2, 0.25) is 10.0 Å². The van der Waals surface area contributed by atoms with Crippen molar-refractivity contribution in [3.63, 3.8) is 0 Å². The van der Waals surface area contributed by atoms with Crippen LogP contribution in [0, 0.1) is 5.92 Å². The summed E-state index contributed by atoms with van der Waals surface area (Å²) >= 11 is 11.9. The highest BCUT2D eigenvalue weighted by atomic mass is 35.5. The zero-order valence-corrected chi connectivity index (χ0v) is 18.3. The summed E-state index contributed by atoms with van der Waals surface area (Å²) in [7, 11) is 0. The van der Waals surface area contributed by atoms with Gasteiger partial charge in [0.1, 0.15) is 16.9 Å². The smallest absolute Gasteiger partial charge is 0.349 e. The van der Waals surface area contributed by atoms with E-state index in [1.54, 1.807) is 30.3 Å². The first-order chi connectivity index (χ1) is 14.7. The molecule has 1 N–H and O–H groups in total. The van der Waals surface area contributed by atoms with Crippen molar-refractivity contribution in [1.82, 2.24) is 5.32 Å². The highest BCUT2D eigenvalue weighted by molar-refractivity contribution is 6.35. The topological polar surface area (TPSA) is 85.6 Å². The molecular weight excluding hydrogens is 441 g/mol. The van der Waals surface area contributed by atoms with Crippen LogP contribution < -0.4 is 15.7 Å². The second-order valence-electron chi connectivity index (χ2n) is 7.17. The zero-order valence-electron chi connectivity index (χ0n) is 16.8. The molecule has 0 aliphatic carbocycles. The quantitative estimate of drug-likeness (QED) is 0.239. The average molecular weight is 460 g/mol. The van der Waals surface area contributed by atoms with E-state index in [-0.39, 0.29) is 22.8 Å². The highest BCUT2D eigenvalue weighted by Gasteiger charge is 2.14. The molecule has 0 spiro atoms. The number of nitrogens with one attached hydrogen (secondary N) is 1. The van der Waals surface area contributed by atoms with Gasteiger partial charge in [0, 0.05) is 34.1 Å². The average Bonchev–Trinajstić information content (AvgIpc) is 2.70. The molecule has 1 heterocycles. The summed E-state index contributed by atoms with van der Waals surface area (Å²) in [5, 5.41) is 4.10. The van der Waals surface area contributed by atoms with E-state index >= 15 is 0 Å². The van der Waals surface area contributed by atoms with Gasteiger partial charge in [-0.15, -0.1) is 0 Å². The van der Waals surface area contributed by atoms with Gasteiger partial charge in [-0.1, -0.05) is 43.1 Å². The van der Waals surface area contributed by atoms with Crippen LogP contribution in [0.25, 0.3) is 17.0 Å². The normalized spacial score (nSPS) is 11.3. The molecule has 0 atom stereocenters. The van der Waals surface area contributed by atoms with Gasteiger partial charge in [0.2, 0.25) is 0 Å². The Hall–Kier alpha value is -3.09. The highest BCUT2D eigenvalue weighted by Crippen LogP contribution is 2.23. The van der Waals surface area contributed by atoms with E-state index in [9.17, 15) is 14.4 Å². The standard InChI is InChI=1S/C23H19Cl2NO5/c1-13(2)12-26-22(28)18-9-15-4-7-17(11-20(15)31-23(18)29)30-21(27)8-5-14-3-6-16(24)10-19(14)25/h3-11,13H,12H2,1-2H3,(H,26,28)/b8-5+. The fourth-order valence-corrected chi connectivity index (χ4v) is 3.12. The molecule has 0 saturated carbocycles. The van der Waals surface area contributed by atoms with E-state index in [0.29, 0.717) is 27.5 Å². The van der Waals surface area contributed by atoms with Gasteiger partial charge < -0.3 is 14.5 Å². The Kier molecular flexibility index (Phi) is 7.15. The third kappa shape index (κ3) is 5.96. The third-order valence-corrected chi connectivity index (χ3v) is 4.77. The minimum absolute atomic E-state index is 0.0827. The number of halogens is 2. The molecule has 0 fully saturated rings. The van der Waals surface area contributed by atoms with Gasteiger partial charge in [-0.3, -0.25) is 4.79 Å². The molecule has 0 radical (unpaired) electrons. The number of hydrogen-bond acceptors (Lipinski definition) is 5. The van der Waals surface area contributed by atoms with Crippen molar-refractivity contribution in [2.24, 2.45) is 5.92 Å². The fraction of sp³-hybridized carbons (Fsp3) is 0.174. The predicted octanol–water partition coefficient (Wildman–Crippen LogP) is 5.10. The third-order valence-electron chi connectivity index (χ3n) is 4.20. The van der Waals surface area contributed by atoms with E-state index in [4.69, 9.17) is 32.4 Å². The molecule has 3 aromatic rings. The SMILES string of the molecule is CC(C)CNC(=O)c1cc2ccc(OC(=O)/C=C/c3ccc(Cl)cc3Cl)cc2oc1=O. The van der Waals surface area contributed by atoms with E-state index in [2.05, 4.69) is 5.32 Å². The predicted molar refractivity (Wildman–Crippen MR) is 121 cm³/mol. The van der Waals surface area contributed by atoms with Gasteiger partial charge >= 0.3 is 11.6 Å². The number of esters is 1. The zero-order chi connectivity index (χ0) is 22.5. The molecule has 160 valence electrons. The van der Waals surface area contributed by atoms with Crippen molar-refractivity contribution >= 4 is 52.1 Å². The van der Waals surface area contributed by atoms with Gasteiger partial charge in [0.15, 0.2) is 0 Å². The Balaban J connectivity index is 1.75. The first-order valence-corrected chi connectivity index (χ1v) is 10.2. The van der Waals surface area contributed by atoms with Gasteiger partial charge in [-0.2, -0.15) is 0 Å². The van der Waals surface area contributed by atoms with Gasteiger partial charge in [-0.05, 0) is 47.9 Å². The van der Waals surface area contributed by atoms with E-state index in [0.717, 1.165) is 0 Å². The molecule has 8 heteroatoms. The van der Waals surface area contributed by atoms with Gasteiger partial charge in [-0.25, -0.2) is 9.59 Å². The Labute approximate surface area is 188 Å². The number of benzene rings is 2. The number of carbonyl (C=O) groups is 2. The molecule has 0 bridgehead atoms. The largest absolute Gasteiger partial charge is 0.423 e. The molecule has 0 aliphatic heterocycles. The lowest BCUT2D eigenvalue weighted by Crippen LogP contribution is -2.31. The van der Waals surface area contributed by atoms with Crippen molar-refractivity contribution in [3.05, 3.63) is 80.1 Å². The Bertz CT molecular complexity index is 1230. The molecule has 31 heavy (non-hydrogen) atoms. The van der Waals surface area contributed by atoms with Crippen LogP contribution >= 0.6 is 23.2 Å². The molecule has 0 aliphatic rings. The minimum Gasteiger partial charge on any atom is -0.423 e. The van der Waals surface area contributed by atoms with Crippen molar-refractivity contribution in [2.75, 3.05) is 6.54 Å². The van der Waals surface area contributed by atoms with Crippen molar-refractivity contribution < 1.29 is 18.7 Å².